The lowest BCUT2D eigenvalue weighted by atomic mass is 10.1. The summed E-state index contributed by atoms with van der Waals surface area (Å²) < 4.78 is 17.6. The van der Waals surface area contributed by atoms with Crippen LogP contribution in [0.3, 0.4) is 0 Å². The fourth-order valence-electron chi connectivity index (χ4n) is 1.94. The molecule has 0 amide bonds. The van der Waals surface area contributed by atoms with Gasteiger partial charge in [0.1, 0.15) is 5.82 Å². The first-order chi connectivity index (χ1) is 9.60. The number of benzene rings is 2. The van der Waals surface area contributed by atoms with Crippen molar-refractivity contribution in [3.63, 3.8) is 0 Å². The van der Waals surface area contributed by atoms with E-state index in [9.17, 15) is 9.18 Å². The summed E-state index contributed by atoms with van der Waals surface area (Å²) in [5.74, 6) is -0.628. The van der Waals surface area contributed by atoms with Gasteiger partial charge in [-0.3, -0.25) is 0 Å². The van der Waals surface area contributed by atoms with Crippen LogP contribution in [-0.2, 0) is 4.74 Å². The van der Waals surface area contributed by atoms with Crippen LogP contribution in [0, 0.1) is 5.82 Å². The molecule has 2 aromatic rings. The van der Waals surface area contributed by atoms with Crippen LogP contribution in [0.5, 0.6) is 0 Å². The van der Waals surface area contributed by atoms with Gasteiger partial charge in [0.05, 0.1) is 12.7 Å². The summed E-state index contributed by atoms with van der Waals surface area (Å²) in [6, 6.07) is 13.4. The third-order valence-electron chi connectivity index (χ3n) is 3.04. The fraction of sp³-hybridized carbons (Fsp3) is 0.188. The van der Waals surface area contributed by atoms with E-state index in [4.69, 9.17) is 0 Å². The monoisotopic (exact) mass is 273 g/mol. The molecule has 3 nitrogen and oxygen atoms in total. The van der Waals surface area contributed by atoms with Crippen molar-refractivity contribution < 1.29 is 13.9 Å². The van der Waals surface area contributed by atoms with Crippen molar-refractivity contribution in [2.24, 2.45) is 0 Å². The van der Waals surface area contributed by atoms with E-state index in [-0.39, 0.29) is 17.8 Å². The molecule has 2 rings (SSSR count). The van der Waals surface area contributed by atoms with Crippen molar-refractivity contribution in [2.75, 3.05) is 12.4 Å². The highest BCUT2D eigenvalue weighted by Gasteiger charge is 2.08. The van der Waals surface area contributed by atoms with Crippen LogP contribution in [0.25, 0.3) is 0 Å². The topological polar surface area (TPSA) is 38.3 Å². The van der Waals surface area contributed by atoms with E-state index >= 15 is 0 Å². The predicted molar refractivity (Wildman–Crippen MR) is 76.2 cm³/mol. The summed E-state index contributed by atoms with van der Waals surface area (Å²) in [5, 5.41) is 3.27. The van der Waals surface area contributed by atoms with Gasteiger partial charge < -0.3 is 10.1 Å². The van der Waals surface area contributed by atoms with Crippen LogP contribution in [0.15, 0.2) is 48.5 Å². The maximum atomic E-state index is 12.9. The second kappa shape index (κ2) is 6.19. The Hall–Kier alpha value is -2.36. The quantitative estimate of drug-likeness (QED) is 0.861. The molecular formula is C16H16FNO2. The largest absolute Gasteiger partial charge is 0.465 e. The second-order valence-corrected chi connectivity index (χ2v) is 4.49. The summed E-state index contributed by atoms with van der Waals surface area (Å²) in [6.07, 6.45) is 0. The van der Waals surface area contributed by atoms with Gasteiger partial charge >= 0.3 is 5.97 Å². The zero-order valence-corrected chi connectivity index (χ0v) is 11.4. The third-order valence-corrected chi connectivity index (χ3v) is 3.04. The third kappa shape index (κ3) is 3.35. The van der Waals surface area contributed by atoms with Gasteiger partial charge in [0.2, 0.25) is 0 Å². The average molecular weight is 273 g/mol. The van der Waals surface area contributed by atoms with Gasteiger partial charge in [0.15, 0.2) is 0 Å². The molecule has 0 saturated carbocycles. The average Bonchev–Trinajstić information content (AvgIpc) is 2.47. The summed E-state index contributed by atoms with van der Waals surface area (Å²) >= 11 is 0. The lowest BCUT2D eigenvalue weighted by Crippen LogP contribution is -2.08. The first-order valence-electron chi connectivity index (χ1n) is 6.30. The number of halogens is 1. The number of anilines is 1. The van der Waals surface area contributed by atoms with Crippen LogP contribution in [-0.4, -0.2) is 13.1 Å². The number of nitrogens with one attached hydrogen (secondary N) is 1. The molecule has 0 aliphatic heterocycles. The fourth-order valence-corrected chi connectivity index (χ4v) is 1.94. The minimum absolute atomic E-state index is 0.00324. The van der Waals surface area contributed by atoms with E-state index in [1.165, 1.54) is 19.2 Å². The number of carbonyl (C=O) groups is 1. The molecular weight excluding hydrogens is 257 g/mol. The van der Waals surface area contributed by atoms with Crippen LogP contribution >= 0.6 is 0 Å². The number of methoxy groups -OCH3 is 1. The molecule has 0 saturated heterocycles. The van der Waals surface area contributed by atoms with Gasteiger partial charge in [0, 0.05) is 11.7 Å². The van der Waals surface area contributed by atoms with Crippen LogP contribution < -0.4 is 5.32 Å². The molecule has 20 heavy (non-hydrogen) atoms. The Morgan fingerprint density at radius 1 is 1.20 bits per heavy atom. The molecule has 1 atom stereocenters. The molecule has 104 valence electrons. The minimum Gasteiger partial charge on any atom is -0.465 e. The lowest BCUT2D eigenvalue weighted by Gasteiger charge is -2.16. The Balaban J connectivity index is 2.13. The molecule has 2 aromatic carbocycles. The molecule has 0 aliphatic rings. The Bertz CT molecular complexity index is 596. The Labute approximate surface area is 117 Å². The Kier molecular flexibility index (Phi) is 4.35. The number of ether oxygens (including phenoxy) is 1. The van der Waals surface area contributed by atoms with Crippen LogP contribution in [0.4, 0.5) is 10.1 Å². The summed E-state index contributed by atoms with van der Waals surface area (Å²) in [6.45, 7) is 1.97. The molecule has 0 bridgehead atoms. The number of hydrogen-bond acceptors (Lipinski definition) is 3. The summed E-state index contributed by atoms with van der Waals surface area (Å²) in [5.41, 5.74) is 2.27. The Morgan fingerprint density at radius 3 is 2.55 bits per heavy atom. The van der Waals surface area contributed by atoms with Gasteiger partial charge in [-0.1, -0.05) is 18.2 Å². The van der Waals surface area contributed by atoms with E-state index < -0.39 is 0 Å². The molecule has 4 heteroatoms. The molecule has 0 radical (unpaired) electrons. The number of carbonyl (C=O) groups excluding carboxylic acids is 1. The molecule has 0 heterocycles. The SMILES string of the molecule is COC(=O)c1cccc(NC(C)c2ccc(F)cc2)c1. The second-order valence-electron chi connectivity index (χ2n) is 4.49. The van der Waals surface area contributed by atoms with E-state index in [1.807, 2.05) is 13.0 Å². The van der Waals surface area contributed by atoms with E-state index in [2.05, 4.69) is 10.1 Å². The van der Waals surface area contributed by atoms with Crippen LogP contribution in [0.2, 0.25) is 0 Å². The minimum atomic E-state index is -0.372. The van der Waals surface area contributed by atoms with Crippen molar-refractivity contribution in [1.82, 2.24) is 0 Å². The highest BCUT2D eigenvalue weighted by Crippen LogP contribution is 2.20. The standard InChI is InChI=1S/C16H16FNO2/c1-11(12-6-8-14(17)9-7-12)18-15-5-3-4-13(10-15)16(19)20-2/h3-11,18H,1-2H3. The summed E-state index contributed by atoms with van der Waals surface area (Å²) in [7, 11) is 1.35. The molecule has 1 N–H and O–H groups in total. The van der Waals surface area contributed by atoms with E-state index in [1.54, 1.807) is 30.3 Å². The van der Waals surface area contributed by atoms with Crippen molar-refractivity contribution in [3.05, 3.63) is 65.5 Å². The van der Waals surface area contributed by atoms with Crippen LogP contribution in [0.1, 0.15) is 28.9 Å². The first kappa shape index (κ1) is 14.1. The van der Waals surface area contributed by atoms with Gasteiger partial charge in [-0.05, 0) is 42.8 Å². The van der Waals surface area contributed by atoms with E-state index in [0.717, 1.165) is 11.3 Å². The normalized spacial score (nSPS) is 11.8. The Morgan fingerprint density at radius 2 is 1.90 bits per heavy atom. The molecule has 0 spiro atoms. The maximum Gasteiger partial charge on any atom is 0.337 e. The number of hydrogen-bond donors (Lipinski definition) is 1. The maximum absolute atomic E-state index is 12.9. The van der Waals surface area contributed by atoms with Gasteiger partial charge in [-0.15, -0.1) is 0 Å². The first-order valence-corrected chi connectivity index (χ1v) is 6.30. The van der Waals surface area contributed by atoms with Crippen molar-refractivity contribution in [3.8, 4) is 0 Å². The highest BCUT2D eigenvalue weighted by molar-refractivity contribution is 5.90. The molecule has 0 aromatic heterocycles. The zero-order chi connectivity index (χ0) is 14.5. The smallest absolute Gasteiger partial charge is 0.337 e. The lowest BCUT2D eigenvalue weighted by molar-refractivity contribution is 0.0601. The van der Waals surface area contributed by atoms with Gasteiger partial charge in [-0.2, -0.15) is 0 Å². The summed E-state index contributed by atoms with van der Waals surface area (Å²) in [4.78, 5) is 11.5. The molecule has 1 unspecified atom stereocenters. The predicted octanol–water partition coefficient (Wildman–Crippen LogP) is 3.79. The number of esters is 1. The van der Waals surface area contributed by atoms with Crippen molar-refractivity contribution >= 4 is 11.7 Å². The van der Waals surface area contributed by atoms with Crippen molar-refractivity contribution in [1.29, 1.82) is 0 Å². The van der Waals surface area contributed by atoms with Gasteiger partial charge in [-0.25, -0.2) is 9.18 Å². The zero-order valence-electron chi connectivity index (χ0n) is 11.4. The molecule has 0 aliphatic carbocycles. The number of rotatable bonds is 4. The highest BCUT2D eigenvalue weighted by atomic mass is 19.1. The van der Waals surface area contributed by atoms with E-state index in [0.29, 0.717) is 5.56 Å². The van der Waals surface area contributed by atoms with Gasteiger partial charge in [0.25, 0.3) is 0 Å². The molecule has 0 fully saturated rings. The van der Waals surface area contributed by atoms with Crippen molar-refractivity contribution in [2.45, 2.75) is 13.0 Å².